The highest BCUT2D eigenvalue weighted by atomic mass is 35.5. The Morgan fingerprint density at radius 2 is 1.95 bits per heavy atom. The van der Waals surface area contributed by atoms with Gasteiger partial charge in [-0.15, -0.1) is 0 Å². The Morgan fingerprint density at radius 3 is 2.67 bits per heavy atom. The number of hydrogen-bond donors (Lipinski definition) is 1. The van der Waals surface area contributed by atoms with Gasteiger partial charge in [-0.1, -0.05) is 42.3 Å². The molecule has 0 saturated heterocycles. The second-order valence-corrected chi connectivity index (χ2v) is 5.32. The van der Waals surface area contributed by atoms with Gasteiger partial charge in [-0.2, -0.15) is 0 Å². The summed E-state index contributed by atoms with van der Waals surface area (Å²) in [6, 6.07) is 10.4. The van der Waals surface area contributed by atoms with Crippen LogP contribution < -0.4 is 10.1 Å². The molecule has 0 amide bonds. The van der Waals surface area contributed by atoms with Gasteiger partial charge in [0.15, 0.2) is 0 Å². The fraction of sp³-hybridized carbons (Fsp3) is 0.294. The Morgan fingerprint density at radius 1 is 1.14 bits per heavy atom. The lowest BCUT2D eigenvalue weighted by atomic mass is 10.1. The summed E-state index contributed by atoms with van der Waals surface area (Å²) in [5.41, 5.74) is 3.07. The molecule has 0 heterocycles. The first-order chi connectivity index (χ1) is 10.1. The van der Waals surface area contributed by atoms with Crippen LogP contribution in [-0.4, -0.2) is 6.54 Å². The van der Waals surface area contributed by atoms with Crippen LogP contribution in [0.2, 0.25) is 5.02 Å². The maximum absolute atomic E-state index is 13.0. The summed E-state index contributed by atoms with van der Waals surface area (Å²) < 4.78 is 18.9. The van der Waals surface area contributed by atoms with E-state index < -0.39 is 0 Å². The molecule has 0 saturated carbocycles. The van der Waals surface area contributed by atoms with E-state index in [4.69, 9.17) is 16.3 Å². The predicted octanol–water partition coefficient (Wildman–Crippen LogP) is 4.48. The molecule has 2 aromatic rings. The van der Waals surface area contributed by atoms with E-state index in [-0.39, 0.29) is 5.82 Å². The van der Waals surface area contributed by atoms with E-state index in [1.165, 1.54) is 17.7 Å². The lowest BCUT2D eigenvalue weighted by Gasteiger charge is -2.13. The van der Waals surface area contributed by atoms with Crippen molar-refractivity contribution < 1.29 is 9.13 Å². The molecule has 0 atom stereocenters. The van der Waals surface area contributed by atoms with Crippen LogP contribution in [0, 0.1) is 12.7 Å². The van der Waals surface area contributed by atoms with Gasteiger partial charge >= 0.3 is 0 Å². The molecule has 2 aromatic carbocycles. The van der Waals surface area contributed by atoms with Gasteiger partial charge in [-0.3, -0.25) is 0 Å². The van der Waals surface area contributed by atoms with Crippen molar-refractivity contribution in [2.45, 2.75) is 27.0 Å². The van der Waals surface area contributed by atoms with Gasteiger partial charge in [0, 0.05) is 17.7 Å². The molecule has 0 bridgehead atoms. The van der Waals surface area contributed by atoms with Crippen LogP contribution in [0.25, 0.3) is 0 Å². The fourth-order valence-electron chi connectivity index (χ4n) is 2.04. The van der Waals surface area contributed by atoms with Gasteiger partial charge in [-0.05, 0) is 31.7 Å². The van der Waals surface area contributed by atoms with Gasteiger partial charge in [0.05, 0.1) is 5.02 Å². The molecule has 0 aliphatic carbocycles. The van der Waals surface area contributed by atoms with E-state index in [9.17, 15) is 4.39 Å². The Labute approximate surface area is 129 Å². The third kappa shape index (κ3) is 4.45. The molecule has 1 N–H and O–H groups in total. The number of nitrogens with one attached hydrogen (secondary N) is 1. The summed E-state index contributed by atoms with van der Waals surface area (Å²) in [6.07, 6.45) is 0. The monoisotopic (exact) mass is 307 g/mol. The third-order valence-electron chi connectivity index (χ3n) is 3.18. The van der Waals surface area contributed by atoms with Crippen molar-refractivity contribution in [3.05, 3.63) is 63.9 Å². The van der Waals surface area contributed by atoms with Crippen molar-refractivity contribution in [2.75, 3.05) is 6.54 Å². The summed E-state index contributed by atoms with van der Waals surface area (Å²) in [6.45, 7) is 6.09. The molecule has 0 fully saturated rings. The van der Waals surface area contributed by atoms with E-state index in [1.54, 1.807) is 6.07 Å². The van der Waals surface area contributed by atoms with Crippen molar-refractivity contribution in [3.8, 4) is 5.75 Å². The van der Waals surface area contributed by atoms with E-state index in [0.717, 1.165) is 30.0 Å². The predicted molar refractivity (Wildman–Crippen MR) is 84.3 cm³/mol. The van der Waals surface area contributed by atoms with E-state index >= 15 is 0 Å². The molecular formula is C17H19ClFNO. The molecule has 2 rings (SSSR count). The standard InChI is InChI=1S/C17H19ClFNO/c1-3-20-10-14-8-12(2)4-7-17(14)21-11-13-5-6-15(19)9-16(13)18/h4-9,20H,3,10-11H2,1-2H3. The zero-order valence-electron chi connectivity index (χ0n) is 12.2. The highest BCUT2D eigenvalue weighted by molar-refractivity contribution is 6.31. The van der Waals surface area contributed by atoms with E-state index in [0.29, 0.717) is 11.6 Å². The number of benzene rings is 2. The first-order valence-electron chi connectivity index (χ1n) is 6.97. The third-order valence-corrected chi connectivity index (χ3v) is 3.53. The van der Waals surface area contributed by atoms with Crippen LogP contribution in [-0.2, 0) is 13.2 Å². The molecule has 0 spiro atoms. The van der Waals surface area contributed by atoms with E-state index in [1.807, 2.05) is 12.1 Å². The minimum atomic E-state index is -0.341. The Bertz CT molecular complexity index is 616. The molecule has 0 unspecified atom stereocenters. The average Bonchev–Trinajstić information content (AvgIpc) is 2.45. The lowest BCUT2D eigenvalue weighted by molar-refractivity contribution is 0.302. The van der Waals surface area contributed by atoms with Gasteiger partial charge in [-0.25, -0.2) is 4.39 Å². The summed E-state index contributed by atoms with van der Waals surface area (Å²) in [7, 11) is 0. The van der Waals surface area contributed by atoms with Crippen molar-refractivity contribution in [2.24, 2.45) is 0 Å². The quantitative estimate of drug-likeness (QED) is 0.850. The zero-order valence-corrected chi connectivity index (χ0v) is 13.0. The van der Waals surface area contributed by atoms with E-state index in [2.05, 4.69) is 25.2 Å². The molecular weight excluding hydrogens is 289 g/mol. The first-order valence-corrected chi connectivity index (χ1v) is 7.35. The molecule has 2 nitrogen and oxygen atoms in total. The van der Waals surface area contributed by atoms with Crippen LogP contribution in [0.3, 0.4) is 0 Å². The largest absolute Gasteiger partial charge is 0.489 e. The molecule has 0 aromatic heterocycles. The molecule has 0 radical (unpaired) electrons. The second kappa shape index (κ2) is 7.43. The smallest absolute Gasteiger partial charge is 0.124 e. The number of ether oxygens (including phenoxy) is 1. The number of rotatable bonds is 6. The molecule has 4 heteroatoms. The Kier molecular flexibility index (Phi) is 5.59. The maximum atomic E-state index is 13.0. The molecule has 0 aliphatic heterocycles. The average molecular weight is 308 g/mol. The highest BCUT2D eigenvalue weighted by Gasteiger charge is 2.07. The van der Waals surface area contributed by atoms with Gasteiger partial charge < -0.3 is 10.1 Å². The fourth-order valence-corrected chi connectivity index (χ4v) is 2.26. The van der Waals surface area contributed by atoms with Crippen molar-refractivity contribution in [1.82, 2.24) is 5.32 Å². The number of halogens is 2. The van der Waals surface area contributed by atoms with Crippen LogP contribution in [0.5, 0.6) is 5.75 Å². The minimum Gasteiger partial charge on any atom is -0.489 e. The Hall–Kier alpha value is -1.58. The van der Waals surface area contributed by atoms with Crippen molar-refractivity contribution in [1.29, 1.82) is 0 Å². The normalized spacial score (nSPS) is 10.7. The summed E-state index contributed by atoms with van der Waals surface area (Å²) in [4.78, 5) is 0. The SMILES string of the molecule is CCNCc1cc(C)ccc1OCc1ccc(F)cc1Cl. The van der Waals surface area contributed by atoms with Crippen molar-refractivity contribution >= 4 is 11.6 Å². The molecule has 21 heavy (non-hydrogen) atoms. The van der Waals surface area contributed by atoms with Crippen molar-refractivity contribution in [3.63, 3.8) is 0 Å². The van der Waals surface area contributed by atoms with Gasteiger partial charge in [0.25, 0.3) is 0 Å². The minimum absolute atomic E-state index is 0.321. The number of aryl methyl sites for hydroxylation is 1. The van der Waals surface area contributed by atoms with Gasteiger partial charge in [0.2, 0.25) is 0 Å². The maximum Gasteiger partial charge on any atom is 0.124 e. The topological polar surface area (TPSA) is 21.3 Å². The summed E-state index contributed by atoms with van der Waals surface area (Å²) >= 11 is 6.01. The Balaban J connectivity index is 2.11. The zero-order chi connectivity index (χ0) is 15.2. The van der Waals surface area contributed by atoms with Crippen LogP contribution >= 0.6 is 11.6 Å². The van der Waals surface area contributed by atoms with Gasteiger partial charge in [0.1, 0.15) is 18.2 Å². The van der Waals surface area contributed by atoms with Crippen LogP contribution in [0.4, 0.5) is 4.39 Å². The van der Waals surface area contributed by atoms with Crippen LogP contribution in [0.1, 0.15) is 23.6 Å². The summed E-state index contributed by atoms with van der Waals surface area (Å²) in [5, 5.41) is 3.68. The lowest BCUT2D eigenvalue weighted by Crippen LogP contribution is -2.13. The molecule has 112 valence electrons. The van der Waals surface area contributed by atoms with Crippen LogP contribution in [0.15, 0.2) is 36.4 Å². The first kappa shape index (κ1) is 15.8. The number of hydrogen-bond acceptors (Lipinski definition) is 2. The second-order valence-electron chi connectivity index (χ2n) is 4.92. The molecule has 0 aliphatic rings. The highest BCUT2D eigenvalue weighted by Crippen LogP contribution is 2.23. The summed E-state index contributed by atoms with van der Waals surface area (Å²) in [5.74, 6) is 0.480.